The second-order valence-electron chi connectivity index (χ2n) is 5.91. The topological polar surface area (TPSA) is 103 Å². The molecule has 0 aliphatic rings. The molecule has 0 aromatic heterocycles. The first-order chi connectivity index (χ1) is 12.8. The van der Waals surface area contributed by atoms with Gasteiger partial charge >= 0.3 is 5.69 Å². The van der Waals surface area contributed by atoms with E-state index in [9.17, 15) is 14.9 Å². The predicted octanol–water partition coefficient (Wildman–Crippen LogP) is 3.14. The van der Waals surface area contributed by atoms with Crippen molar-refractivity contribution in [1.82, 2.24) is 5.43 Å². The Kier molecular flexibility index (Phi) is 6.48. The summed E-state index contributed by atoms with van der Waals surface area (Å²) >= 11 is 0. The first-order valence-corrected chi connectivity index (χ1v) is 8.17. The number of methoxy groups -OCH3 is 1. The van der Waals surface area contributed by atoms with Crippen molar-refractivity contribution in [3.8, 4) is 11.5 Å². The van der Waals surface area contributed by atoms with Crippen molar-refractivity contribution in [2.45, 2.75) is 20.8 Å². The van der Waals surface area contributed by atoms with Gasteiger partial charge in [-0.05, 0) is 56.2 Å². The van der Waals surface area contributed by atoms with E-state index in [2.05, 4.69) is 10.5 Å². The summed E-state index contributed by atoms with van der Waals surface area (Å²) in [5, 5.41) is 15.1. The molecule has 8 heteroatoms. The average molecular weight is 371 g/mol. The van der Waals surface area contributed by atoms with Crippen LogP contribution in [0.2, 0.25) is 0 Å². The summed E-state index contributed by atoms with van der Waals surface area (Å²) < 4.78 is 10.4. The van der Waals surface area contributed by atoms with Gasteiger partial charge in [0.25, 0.3) is 5.91 Å². The number of nitrogens with one attached hydrogen (secondary N) is 1. The molecular weight excluding hydrogens is 350 g/mol. The van der Waals surface area contributed by atoms with Crippen LogP contribution in [0.25, 0.3) is 0 Å². The van der Waals surface area contributed by atoms with E-state index in [-0.39, 0.29) is 18.0 Å². The summed E-state index contributed by atoms with van der Waals surface area (Å²) in [6.45, 7) is 5.40. The van der Waals surface area contributed by atoms with Crippen molar-refractivity contribution >= 4 is 17.3 Å². The van der Waals surface area contributed by atoms with Crippen molar-refractivity contribution < 1.29 is 19.2 Å². The Hall–Kier alpha value is -3.42. The normalized spacial score (nSPS) is 11.0. The van der Waals surface area contributed by atoms with Crippen LogP contribution in [0.15, 0.2) is 41.5 Å². The molecule has 8 nitrogen and oxygen atoms in total. The lowest BCUT2D eigenvalue weighted by Crippen LogP contribution is -2.25. The number of amides is 1. The van der Waals surface area contributed by atoms with Crippen LogP contribution in [0.4, 0.5) is 5.69 Å². The zero-order valence-electron chi connectivity index (χ0n) is 15.6. The van der Waals surface area contributed by atoms with Crippen molar-refractivity contribution in [1.29, 1.82) is 0 Å². The maximum absolute atomic E-state index is 11.9. The zero-order chi connectivity index (χ0) is 20.0. The minimum atomic E-state index is -0.536. The molecule has 0 spiro atoms. The fraction of sp³-hybridized carbons (Fsp3) is 0.263. The summed E-state index contributed by atoms with van der Waals surface area (Å²) in [5.74, 6) is 0.317. The third kappa shape index (κ3) is 5.27. The van der Waals surface area contributed by atoms with E-state index >= 15 is 0 Å². The molecule has 2 rings (SSSR count). The first kappa shape index (κ1) is 19.9. The Morgan fingerprint density at radius 1 is 1.19 bits per heavy atom. The van der Waals surface area contributed by atoms with Crippen LogP contribution < -0.4 is 14.9 Å². The Labute approximate surface area is 157 Å². The molecule has 0 saturated carbocycles. The van der Waals surface area contributed by atoms with E-state index in [0.717, 1.165) is 11.1 Å². The van der Waals surface area contributed by atoms with Gasteiger partial charge in [0, 0.05) is 11.6 Å². The Balaban J connectivity index is 2.00. The molecule has 2 aromatic carbocycles. The number of carbonyl (C=O) groups excluding carboxylic acids is 1. The summed E-state index contributed by atoms with van der Waals surface area (Å²) in [7, 11) is 1.36. The minimum absolute atomic E-state index is 0.155. The van der Waals surface area contributed by atoms with Gasteiger partial charge in [0.15, 0.2) is 12.4 Å². The fourth-order valence-electron chi connectivity index (χ4n) is 2.25. The van der Waals surface area contributed by atoms with Crippen LogP contribution in [-0.4, -0.2) is 30.3 Å². The molecule has 27 heavy (non-hydrogen) atoms. The highest BCUT2D eigenvalue weighted by molar-refractivity contribution is 6.00. The van der Waals surface area contributed by atoms with Crippen LogP contribution in [0.5, 0.6) is 11.5 Å². The van der Waals surface area contributed by atoms with Gasteiger partial charge in [-0.15, -0.1) is 0 Å². The lowest BCUT2D eigenvalue weighted by molar-refractivity contribution is -0.385. The highest BCUT2D eigenvalue weighted by Gasteiger charge is 2.16. The van der Waals surface area contributed by atoms with Gasteiger partial charge in [-0.1, -0.05) is 6.07 Å². The second kappa shape index (κ2) is 8.79. The first-order valence-electron chi connectivity index (χ1n) is 8.17. The molecule has 2 aromatic rings. The maximum atomic E-state index is 11.9. The number of aryl methyl sites for hydroxylation is 2. The van der Waals surface area contributed by atoms with Crippen LogP contribution in [-0.2, 0) is 4.79 Å². The van der Waals surface area contributed by atoms with E-state index in [0.29, 0.717) is 17.0 Å². The quantitative estimate of drug-likeness (QED) is 0.457. The van der Waals surface area contributed by atoms with Crippen molar-refractivity contribution in [3.05, 3.63) is 63.2 Å². The van der Waals surface area contributed by atoms with Gasteiger partial charge in [0.1, 0.15) is 5.75 Å². The summed E-state index contributed by atoms with van der Waals surface area (Å²) in [6, 6.07) is 10.0. The van der Waals surface area contributed by atoms with Crippen LogP contribution in [0.1, 0.15) is 23.6 Å². The monoisotopic (exact) mass is 371 g/mol. The molecule has 1 amide bonds. The average Bonchev–Trinajstić information content (AvgIpc) is 2.66. The van der Waals surface area contributed by atoms with Crippen molar-refractivity contribution in [3.63, 3.8) is 0 Å². The van der Waals surface area contributed by atoms with Gasteiger partial charge in [-0.3, -0.25) is 14.9 Å². The molecule has 0 saturated heterocycles. The summed E-state index contributed by atoms with van der Waals surface area (Å²) in [6.07, 6.45) is 0. The molecule has 1 N–H and O–H groups in total. The van der Waals surface area contributed by atoms with Crippen LogP contribution in [0, 0.1) is 24.0 Å². The lowest BCUT2D eigenvalue weighted by atomic mass is 10.1. The minimum Gasteiger partial charge on any atom is -0.490 e. The predicted molar refractivity (Wildman–Crippen MR) is 101 cm³/mol. The third-order valence-corrected chi connectivity index (χ3v) is 3.99. The van der Waals surface area contributed by atoms with E-state index in [1.54, 1.807) is 19.1 Å². The van der Waals surface area contributed by atoms with Gasteiger partial charge in [-0.2, -0.15) is 5.10 Å². The zero-order valence-corrected chi connectivity index (χ0v) is 15.6. The molecule has 0 unspecified atom stereocenters. The van der Waals surface area contributed by atoms with Crippen LogP contribution in [0.3, 0.4) is 0 Å². The molecule has 0 radical (unpaired) electrons. The largest absolute Gasteiger partial charge is 0.490 e. The van der Waals surface area contributed by atoms with Gasteiger partial charge in [-0.25, -0.2) is 5.43 Å². The Morgan fingerprint density at radius 2 is 1.93 bits per heavy atom. The number of ether oxygens (including phenoxy) is 2. The third-order valence-electron chi connectivity index (χ3n) is 3.99. The molecular formula is C19H21N3O5. The van der Waals surface area contributed by atoms with E-state index in [1.807, 2.05) is 26.0 Å². The molecule has 0 atom stereocenters. The van der Waals surface area contributed by atoms with E-state index in [4.69, 9.17) is 9.47 Å². The van der Waals surface area contributed by atoms with E-state index < -0.39 is 10.8 Å². The number of hydrazone groups is 1. The number of hydrogen-bond donors (Lipinski definition) is 1. The SMILES string of the molecule is COc1ccc(/C(C)=N/NC(=O)COc2ccc(C)c(C)c2)cc1[N+](=O)[O-]. The molecule has 0 fully saturated rings. The van der Waals surface area contributed by atoms with Gasteiger partial charge in [0.05, 0.1) is 17.7 Å². The number of carbonyl (C=O) groups is 1. The lowest BCUT2D eigenvalue weighted by Gasteiger charge is -2.08. The number of hydrogen-bond acceptors (Lipinski definition) is 6. The summed E-state index contributed by atoms with van der Waals surface area (Å²) in [4.78, 5) is 22.5. The second-order valence-corrected chi connectivity index (χ2v) is 5.91. The highest BCUT2D eigenvalue weighted by Crippen LogP contribution is 2.27. The Morgan fingerprint density at radius 3 is 2.56 bits per heavy atom. The van der Waals surface area contributed by atoms with Gasteiger partial charge < -0.3 is 9.47 Å². The molecule has 0 heterocycles. The smallest absolute Gasteiger partial charge is 0.311 e. The number of nitro groups is 1. The number of nitrogens with zero attached hydrogens (tertiary/aromatic N) is 2. The number of rotatable bonds is 7. The van der Waals surface area contributed by atoms with Crippen molar-refractivity contribution in [2.75, 3.05) is 13.7 Å². The molecule has 0 bridgehead atoms. The standard InChI is InChI=1S/C19H21N3O5/c1-12-5-7-16(9-13(12)2)27-11-19(23)21-20-14(3)15-6-8-18(26-4)17(10-15)22(24)25/h5-10H,11H2,1-4H3,(H,21,23)/b20-14+. The summed E-state index contributed by atoms with van der Waals surface area (Å²) in [5.41, 5.74) is 5.33. The molecule has 142 valence electrons. The fourth-order valence-corrected chi connectivity index (χ4v) is 2.25. The maximum Gasteiger partial charge on any atom is 0.311 e. The van der Waals surface area contributed by atoms with Gasteiger partial charge in [0.2, 0.25) is 0 Å². The van der Waals surface area contributed by atoms with Crippen molar-refractivity contribution in [2.24, 2.45) is 5.10 Å². The molecule has 0 aliphatic heterocycles. The van der Waals surface area contributed by atoms with E-state index in [1.165, 1.54) is 19.2 Å². The Bertz CT molecular complexity index is 893. The number of benzene rings is 2. The highest BCUT2D eigenvalue weighted by atomic mass is 16.6. The van der Waals surface area contributed by atoms with Crippen LogP contribution >= 0.6 is 0 Å². The molecule has 0 aliphatic carbocycles. The number of nitro benzene ring substituents is 1.